The van der Waals surface area contributed by atoms with Gasteiger partial charge < -0.3 is 9.84 Å². The molecular weight excluding hydrogens is 308 g/mol. The van der Waals surface area contributed by atoms with Crippen LogP contribution >= 0.6 is 0 Å². The normalized spacial score (nSPS) is 10.9. The summed E-state index contributed by atoms with van der Waals surface area (Å²) in [5, 5.41) is 18.8. The van der Waals surface area contributed by atoms with Gasteiger partial charge in [-0.2, -0.15) is 0 Å². The largest absolute Gasteiger partial charge is 0.370 e. The molecule has 2 heterocycles. The Morgan fingerprint density at radius 1 is 1.25 bits per heavy atom. The van der Waals surface area contributed by atoms with Crippen LogP contribution in [0, 0.1) is 24.0 Å². The molecule has 7 nitrogen and oxygen atoms in total. The fourth-order valence-electron chi connectivity index (χ4n) is 2.67. The standard InChI is InChI=1S/C17H18N4O3/c1-11-15(12(2)24-20-11)4-3-9-18-17-8-5-13-10-14(21(22)23)6-7-16(13)19-17/h5-8,10H,3-4,9H2,1-2H3,(H,18,19). The maximum absolute atomic E-state index is 10.8. The van der Waals surface area contributed by atoms with Gasteiger partial charge in [-0.05, 0) is 44.9 Å². The summed E-state index contributed by atoms with van der Waals surface area (Å²) in [6.07, 6.45) is 1.83. The number of hydrogen-bond donors (Lipinski definition) is 1. The minimum atomic E-state index is -0.402. The van der Waals surface area contributed by atoms with E-state index in [9.17, 15) is 10.1 Å². The van der Waals surface area contributed by atoms with E-state index < -0.39 is 4.92 Å². The van der Waals surface area contributed by atoms with E-state index in [1.165, 1.54) is 12.1 Å². The van der Waals surface area contributed by atoms with Crippen LogP contribution < -0.4 is 5.32 Å². The Kier molecular flexibility index (Phi) is 4.41. The minimum absolute atomic E-state index is 0.0736. The van der Waals surface area contributed by atoms with Gasteiger partial charge in [0.2, 0.25) is 0 Å². The maximum atomic E-state index is 10.8. The molecule has 1 N–H and O–H groups in total. The van der Waals surface area contributed by atoms with Gasteiger partial charge in [0.1, 0.15) is 11.6 Å². The molecule has 0 aliphatic rings. The second kappa shape index (κ2) is 6.66. The first-order chi connectivity index (χ1) is 11.5. The number of nitro benzene ring substituents is 1. The second-order valence-electron chi connectivity index (χ2n) is 5.66. The van der Waals surface area contributed by atoms with Gasteiger partial charge in [0, 0.05) is 29.6 Å². The molecule has 0 atom stereocenters. The predicted molar refractivity (Wildman–Crippen MR) is 91.2 cm³/mol. The van der Waals surface area contributed by atoms with Crippen molar-refractivity contribution in [2.45, 2.75) is 26.7 Å². The number of anilines is 1. The molecule has 0 radical (unpaired) electrons. The van der Waals surface area contributed by atoms with Crippen molar-refractivity contribution in [3.8, 4) is 0 Å². The molecule has 2 aromatic heterocycles. The van der Waals surface area contributed by atoms with Gasteiger partial charge >= 0.3 is 0 Å². The number of aromatic nitrogens is 2. The van der Waals surface area contributed by atoms with Gasteiger partial charge in [-0.15, -0.1) is 0 Å². The average Bonchev–Trinajstić information content (AvgIpc) is 2.89. The zero-order chi connectivity index (χ0) is 17.1. The van der Waals surface area contributed by atoms with E-state index in [1.807, 2.05) is 26.0 Å². The Hall–Kier alpha value is -2.96. The number of aryl methyl sites for hydroxylation is 2. The highest BCUT2D eigenvalue weighted by Gasteiger charge is 2.09. The number of nitro groups is 1. The average molecular weight is 326 g/mol. The van der Waals surface area contributed by atoms with Crippen LogP contribution in [0.25, 0.3) is 10.9 Å². The van der Waals surface area contributed by atoms with E-state index in [0.717, 1.165) is 53.1 Å². The van der Waals surface area contributed by atoms with Crippen molar-refractivity contribution in [1.29, 1.82) is 0 Å². The van der Waals surface area contributed by atoms with Gasteiger partial charge in [-0.3, -0.25) is 10.1 Å². The van der Waals surface area contributed by atoms with Crippen molar-refractivity contribution in [2.24, 2.45) is 0 Å². The molecule has 0 unspecified atom stereocenters. The Balaban J connectivity index is 1.61. The summed E-state index contributed by atoms with van der Waals surface area (Å²) in [7, 11) is 0. The molecule has 3 rings (SSSR count). The lowest BCUT2D eigenvalue weighted by Gasteiger charge is -2.07. The zero-order valence-corrected chi connectivity index (χ0v) is 13.6. The highest BCUT2D eigenvalue weighted by Crippen LogP contribution is 2.21. The Morgan fingerprint density at radius 3 is 2.79 bits per heavy atom. The van der Waals surface area contributed by atoms with E-state index in [2.05, 4.69) is 15.5 Å². The molecule has 3 aromatic rings. The predicted octanol–water partition coefficient (Wildman–Crippen LogP) is 3.79. The molecule has 0 saturated heterocycles. The molecule has 0 amide bonds. The Bertz CT molecular complexity index is 869. The van der Waals surface area contributed by atoms with E-state index in [0.29, 0.717) is 0 Å². The van der Waals surface area contributed by atoms with Crippen molar-refractivity contribution in [3.63, 3.8) is 0 Å². The Morgan fingerprint density at radius 2 is 2.08 bits per heavy atom. The van der Waals surface area contributed by atoms with Gasteiger partial charge in [-0.1, -0.05) is 5.16 Å². The topological polar surface area (TPSA) is 94.1 Å². The minimum Gasteiger partial charge on any atom is -0.370 e. The van der Waals surface area contributed by atoms with Crippen LogP contribution in [0.5, 0.6) is 0 Å². The smallest absolute Gasteiger partial charge is 0.270 e. The third kappa shape index (κ3) is 3.34. The first kappa shape index (κ1) is 15.9. The third-order valence-electron chi connectivity index (χ3n) is 3.97. The molecule has 7 heteroatoms. The van der Waals surface area contributed by atoms with Crippen LogP contribution in [0.4, 0.5) is 11.5 Å². The maximum Gasteiger partial charge on any atom is 0.270 e. The molecule has 24 heavy (non-hydrogen) atoms. The van der Waals surface area contributed by atoms with Crippen molar-refractivity contribution in [3.05, 3.63) is 57.5 Å². The second-order valence-corrected chi connectivity index (χ2v) is 5.66. The summed E-state index contributed by atoms with van der Waals surface area (Å²) in [5.41, 5.74) is 2.91. The van der Waals surface area contributed by atoms with E-state index >= 15 is 0 Å². The van der Waals surface area contributed by atoms with Crippen LogP contribution in [0.3, 0.4) is 0 Å². The fraction of sp³-hybridized carbons (Fsp3) is 0.294. The summed E-state index contributed by atoms with van der Waals surface area (Å²) >= 11 is 0. The summed E-state index contributed by atoms with van der Waals surface area (Å²) in [5.74, 6) is 1.63. The SMILES string of the molecule is Cc1noc(C)c1CCCNc1ccc2cc([N+](=O)[O-])ccc2n1. The molecular formula is C17H18N4O3. The molecule has 124 valence electrons. The number of non-ortho nitro benzene ring substituents is 1. The molecule has 0 saturated carbocycles. The first-order valence-electron chi connectivity index (χ1n) is 7.75. The number of rotatable bonds is 6. The summed E-state index contributed by atoms with van der Waals surface area (Å²) in [6, 6.07) is 8.34. The molecule has 0 aliphatic heterocycles. The number of pyridine rings is 1. The summed E-state index contributed by atoms with van der Waals surface area (Å²) < 4.78 is 5.15. The molecule has 0 fully saturated rings. The van der Waals surface area contributed by atoms with E-state index in [-0.39, 0.29) is 5.69 Å². The van der Waals surface area contributed by atoms with Gasteiger partial charge in [0.25, 0.3) is 5.69 Å². The highest BCUT2D eigenvalue weighted by atomic mass is 16.6. The lowest BCUT2D eigenvalue weighted by atomic mass is 10.1. The molecule has 0 spiro atoms. The van der Waals surface area contributed by atoms with Crippen LogP contribution in [-0.2, 0) is 6.42 Å². The molecule has 0 bridgehead atoms. The highest BCUT2D eigenvalue weighted by molar-refractivity contribution is 5.82. The van der Waals surface area contributed by atoms with Crippen molar-refractivity contribution in [2.75, 3.05) is 11.9 Å². The Labute approximate surface area is 138 Å². The summed E-state index contributed by atoms with van der Waals surface area (Å²) in [4.78, 5) is 14.9. The van der Waals surface area contributed by atoms with E-state index in [1.54, 1.807) is 6.07 Å². The van der Waals surface area contributed by atoms with E-state index in [4.69, 9.17) is 4.52 Å². The number of nitrogens with one attached hydrogen (secondary N) is 1. The van der Waals surface area contributed by atoms with Crippen molar-refractivity contribution < 1.29 is 9.45 Å². The molecule has 0 aliphatic carbocycles. The van der Waals surface area contributed by atoms with Crippen molar-refractivity contribution in [1.82, 2.24) is 10.1 Å². The van der Waals surface area contributed by atoms with Crippen LogP contribution in [0.2, 0.25) is 0 Å². The fourth-order valence-corrected chi connectivity index (χ4v) is 2.67. The lowest BCUT2D eigenvalue weighted by Crippen LogP contribution is -2.05. The van der Waals surface area contributed by atoms with Gasteiger partial charge in [0.15, 0.2) is 0 Å². The van der Waals surface area contributed by atoms with Crippen molar-refractivity contribution >= 4 is 22.4 Å². The van der Waals surface area contributed by atoms with Gasteiger partial charge in [0.05, 0.1) is 16.1 Å². The van der Waals surface area contributed by atoms with Crippen LogP contribution in [0.15, 0.2) is 34.9 Å². The monoisotopic (exact) mass is 326 g/mol. The van der Waals surface area contributed by atoms with Crippen LogP contribution in [0.1, 0.15) is 23.4 Å². The molecule has 1 aromatic carbocycles. The van der Waals surface area contributed by atoms with Gasteiger partial charge in [-0.25, -0.2) is 4.98 Å². The number of benzene rings is 1. The lowest BCUT2D eigenvalue weighted by molar-refractivity contribution is -0.384. The zero-order valence-electron chi connectivity index (χ0n) is 13.6. The number of nitrogens with zero attached hydrogens (tertiary/aromatic N) is 3. The summed E-state index contributed by atoms with van der Waals surface area (Å²) in [6.45, 7) is 4.64. The first-order valence-corrected chi connectivity index (χ1v) is 7.75. The number of hydrogen-bond acceptors (Lipinski definition) is 6. The number of fused-ring (bicyclic) bond motifs is 1. The third-order valence-corrected chi connectivity index (χ3v) is 3.97. The quantitative estimate of drug-likeness (QED) is 0.421. The van der Waals surface area contributed by atoms with Crippen LogP contribution in [-0.4, -0.2) is 21.6 Å².